The summed E-state index contributed by atoms with van der Waals surface area (Å²) >= 11 is 0. The van der Waals surface area contributed by atoms with Crippen LogP contribution in [-0.2, 0) is 0 Å². The molecule has 3 N–H and O–H groups in total. The number of hydrogen-bond acceptors (Lipinski definition) is 6. The predicted octanol–water partition coefficient (Wildman–Crippen LogP) is 2.50. The zero-order valence-corrected chi connectivity index (χ0v) is 13.9. The van der Waals surface area contributed by atoms with Crippen LogP contribution in [0.2, 0.25) is 0 Å². The van der Waals surface area contributed by atoms with Crippen molar-refractivity contribution in [3.8, 4) is 11.1 Å². The standard InChI is InChI=1S/C19H20N6/c1-2-4-13(5-3-1)14-10-15-18(19-17(14)22-12-23-19)24-16(11-21-15)25-8-6-20-7-9-25/h1-5,10-11,20,22-23H,6-9,12H2. The fourth-order valence-electron chi connectivity index (χ4n) is 3.61. The molecule has 1 fully saturated rings. The van der Waals surface area contributed by atoms with E-state index in [1.165, 1.54) is 5.56 Å². The minimum atomic E-state index is 0.716. The van der Waals surface area contributed by atoms with Crippen LogP contribution in [0.3, 0.4) is 0 Å². The average molecular weight is 332 g/mol. The van der Waals surface area contributed by atoms with Crippen LogP contribution in [-0.4, -0.2) is 42.8 Å². The first kappa shape index (κ1) is 14.5. The second kappa shape index (κ2) is 5.89. The number of fused-ring (bicyclic) bond motifs is 3. The predicted molar refractivity (Wildman–Crippen MR) is 102 cm³/mol. The summed E-state index contributed by atoms with van der Waals surface area (Å²) in [5.41, 5.74) is 6.39. The molecule has 5 rings (SSSR count). The SMILES string of the molecule is c1ccc(-c2cc3ncc(N4CCNCC4)nc3c3c2NCN3)cc1. The van der Waals surface area contributed by atoms with Crippen molar-refractivity contribution in [1.29, 1.82) is 0 Å². The Morgan fingerprint density at radius 3 is 2.60 bits per heavy atom. The Morgan fingerprint density at radius 1 is 0.960 bits per heavy atom. The summed E-state index contributed by atoms with van der Waals surface area (Å²) in [5.74, 6) is 0.956. The minimum Gasteiger partial charge on any atom is -0.366 e. The fraction of sp³-hybridized carbons (Fsp3) is 0.263. The molecule has 0 unspecified atom stereocenters. The number of rotatable bonds is 2. The summed E-state index contributed by atoms with van der Waals surface area (Å²) in [6.45, 7) is 4.63. The Labute approximate surface area is 146 Å². The molecule has 3 heterocycles. The molecule has 0 atom stereocenters. The molecule has 0 spiro atoms. The fourth-order valence-corrected chi connectivity index (χ4v) is 3.61. The van der Waals surface area contributed by atoms with Crippen molar-refractivity contribution in [2.24, 2.45) is 0 Å². The third kappa shape index (κ3) is 2.46. The summed E-state index contributed by atoms with van der Waals surface area (Å²) in [4.78, 5) is 12.0. The van der Waals surface area contributed by atoms with Crippen molar-refractivity contribution in [1.82, 2.24) is 15.3 Å². The van der Waals surface area contributed by atoms with Gasteiger partial charge in [0.05, 0.1) is 29.8 Å². The van der Waals surface area contributed by atoms with Crippen LogP contribution in [0.4, 0.5) is 17.2 Å². The van der Waals surface area contributed by atoms with Gasteiger partial charge in [-0.2, -0.15) is 0 Å². The number of piperazine rings is 1. The summed E-state index contributed by atoms with van der Waals surface area (Å²) in [6, 6.07) is 12.6. The first-order valence-electron chi connectivity index (χ1n) is 8.73. The van der Waals surface area contributed by atoms with E-state index in [-0.39, 0.29) is 0 Å². The summed E-state index contributed by atoms with van der Waals surface area (Å²) in [7, 11) is 0. The highest BCUT2D eigenvalue weighted by atomic mass is 15.2. The van der Waals surface area contributed by atoms with E-state index in [9.17, 15) is 0 Å². The van der Waals surface area contributed by atoms with Gasteiger partial charge < -0.3 is 20.9 Å². The number of benzene rings is 2. The van der Waals surface area contributed by atoms with E-state index < -0.39 is 0 Å². The Kier molecular flexibility index (Phi) is 3.41. The Hall–Kier alpha value is -2.86. The summed E-state index contributed by atoms with van der Waals surface area (Å²) in [6.07, 6.45) is 1.90. The topological polar surface area (TPSA) is 65.1 Å². The first-order chi connectivity index (χ1) is 12.4. The van der Waals surface area contributed by atoms with Crippen LogP contribution in [0.5, 0.6) is 0 Å². The summed E-state index contributed by atoms with van der Waals surface area (Å²) < 4.78 is 0. The zero-order valence-electron chi connectivity index (χ0n) is 13.9. The zero-order chi connectivity index (χ0) is 16.6. The van der Waals surface area contributed by atoms with E-state index in [0.717, 1.165) is 60.0 Å². The number of nitrogens with one attached hydrogen (secondary N) is 3. The molecule has 3 aromatic rings. The molecular formula is C19H20N6. The van der Waals surface area contributed by atoms with E-state index in [1.54, 1.807) is 0 Å². The van der Waals surface area contributed by atoms with Crippen LogP contribution in [0.25, 0.3) is 22.2 Å². The van der Waals surface area contributed by atoms with E-state index >= 15 is 0 Å². The van der Waals surface area contributed by atoms with E-state index in [2.05, 4.69) is 51.2 Å². The molecule has 0 bridgehead atoms. The van der Waals surface area contributed by atoms with Gasteiger partial charge in [-0.05, 0) is 11.6 Å². The second-order valence-corrected chi connectivity index (χ2v) is 6.40. The van der Waals surface area contributed by atoms with Crippen molar-refractivity contribution in [2.75, 3.05) is 48.4 Å². The maximum Gasteiger partial charge on any atom is 0.148 e. The highest BCUT2D eigenvalue weighted by Crippen LogP contribution is 2.41. The van der Waals surface area contributed by atoms with Gasteiger partial charge in [0.2, 0.25) is 0 Å². The molecule has 1 saturated heterocycles. The third-order valence-corrected chi connectivity index (χ3v) is 4.88. The lowest BCUT2D eigenvalue weighted by Gasteiger charge is -2.28. The van der Waals surface area contributed by atoms with Crippen LogP contribution in [0.1, 0.15) is 0 Å². The average Bonchev–Trinajstić information content (AvgIpc) is 3.18. The Morgan fingerprint density at radius 2 is 1.76 bits per heavy atom. The van der Waals surface area contributed by atoms with Gasteiger partial charge in [-0.15, -0.1) is 0 Å². The van der Waals surface area contributed by atoms with Gasteiger partial charge in [-0.25, -0.2) is 4.98 Å². The molecular weight excluding hydrogens is 312 g/mol. The van der Waals surface area contributed by atoms with Gasteiger partial charge in [-0.3, -0.25) is 4.98 Å². The largest absolute Gasteiger partial charge is 0.366 e. The molecule has 2 aromatic carbocycles. The van der Waals surface area contributed by atoms with Crippen LogP contribution in [0.15, 0.2) is 42.6 Å². The van der Waals surface area contributed by atoms with Gasteiger partial charge in [0, 0.05) is 31.7 Å². The molecule has 0 saturated carbocycles. The molecule has 1 aromatic heterocycles. The molecule has 2 aliphatic rings. The number of aromatic nitrogens is 2. The van der Waals surface area contributed by atoms with Crippen molar-refractivity contribution >= 4 is 28.2 Å². The third-order valence-electron chi connectivity index (χ3n) is 4.88. The van der Waals surface area contributed by atoms with Gasteiger partial charge in [-0.1, -0.05) is 30.3 Å². The maximum atomic E-state index is 4.94. The van der Waals surface area contributed by atoms with Crippen molar-refractivity contribution in [3.63, 3.8) is 0 Å². The van der Waals surface area contributed by atoms with Crippen molar-refractivity contribution in [2.45, 2.75) is 0 Å². The minimum absolute atomic E-state index is 0.716. The molecule has 0 radical (unpaired) electrons. The molecule has 0 aliphatic carbocycles. The maximum absolute atomic E-state index is 4.94. The van der Waals surface area contributed by atoms with Crippen LogP contribution in [0, 0.1) is 0 Å². The Bertz CT molecular complexity index is 918. The molecule has 25 heavy (non-hydrogen) atoms. The van der Waals surface area contributed by atoms with Crippen molar-refractivity contribution < 1.29 is 0 Å². The van der Waals surface area contributed by atoms with Crippen LogP contribution < -0.4 is 20.9 Å². The number of hydrogen-bond donors (Lipinski definition) is 3. The van der Waals surface area contributed by atoms with E-state index in [0.29, 0.717) is 6.67 Å². The van der Waals surface area contributed by atoms with E-state index in [1.807, 2.05) is 12.3 Å². The van der Waals surface area contributed by atoms with Gasteiger partial charge in [0.15, 0.2) is 0 Å². The quantitative estimate of drug-likeness (QED) is 0.670. The molecule has 126 valence electrons. The monoisotopic (exact) mass is 332 g/mol. The second-order valence-electron chi connectivity index (χ2n) is 6.40. The lowest BCUT2D eigenvalue weighted by atomic mass is 10.0. The Balaban J connectivity index is 1.66. The first-order valence-corrected chi connectivity index (χ1v) is 8.73. The summed E-state index contributed by atoms with van der Waals surface area (Å²) in [5, 5.41) is 10.3. The molecule has 2 aliphatic heterocycles. The number of nitrogens with zero attached hydrogens (tertiary/aromatic N) is 3. The van der Waals surface area contributed by atoms with Gasteiger partial charge in [0.25, 0.3) is 0 Å². The number of anilines is 3. The van der Waals surface area contributed by atoms with Gasteiger partial charge >= 0.3 is 0 Å². The smallest absolute Gasteiger partial charge is 0.148 e. The van der Waals surface area contributed by atoms with Crippen LogP contribution >= 0.6 is 0 Å². The van der Waals surface area contributed by atoms with Crippen molar-refractivity contribution in [3.05, 3.63) is 42.6 Å². The lowest BCUT2D eigenvalue weighted by Crippen LogP contribution is -2.43. The lowest BCUT2D eigenvalue weighted by molar-refractivity contribution is 0.585. The molecule has 6 heteroatoms. The highest BCUT2D eigenvalue weighted by Gasteiger charge is 2.21. The van der Waals surface area contributed by atoms with E-state index in [4.69, 9.17) is 9.97 Å². The van der Waals surface area contributed by atoms with Gasteiger partial charge in [0.1, 0.15) is 11.3 Å². The molecule has 6 nitrogen and oxygen atoms in total. The molecule has 0 amide bonds. The highest BCUT2D eigenvalue weighted by molar-refractivity contribution is 6.05. The normalized spacial score (nSPS) is 16.4.